The van der Waals surface area contributed by atoms with Gasteiger partial charge >= 0.3 is 24.3 Å². The number of carboxylic acid groups (broad SMARTS) is 2. The summed E-state index contributed by atoms with van der Waals surface area (Å²) >= 11 is 0. The van der Waals surface area contributed by atoms with E-state index >= 15 is 0 Å². The minimum Gasteiger partial charge on any atom is -0.475 e. The van der Waals surface area contributed by atoms with E-state index in [1.54, 1.807) is 5.56 Å². The van der Waals surface area contributed by atoms with Crippen molar-refractivity contribution in [3.05, 3.63) is 53.6 Å². The Morgan fingerprint density at radius 2 is 1.56 bits per heavy atom. The number of carboxylic acids is 2. The van der Waals surface area contributed by atoms with Gasteiger partial charge in [-0.25, -0.2) is 14.6 Å². The van der Waals surface area contributed by atoms with E-state index in [4.69, 9.17) is 19.8 Å². The van der Waals surface area contributed by atoms with Gasteiger partial charge in [0.05, 0.1) is 6.54 Å². The molecule has 0 bridgehead atoms. The zero-order valence-electron chi connectivity index (χ0n) is 21.7. The summed E-state index contributed by atoms with van der Waals surface area (Å²) in [6.07, 6.45) is -2.49. The van der Waals surface area contributed by atoms with Crippen molar-refractivity contribution in [3.63, 3.8) is 0 Å². The largest absolute Gasteiger partial charge is 0.490 e. The Kier molecular flexibility index (Phi) is 10.5. The average Bonchev–Trinajstić information content (AvgIpc) is 3.38. The Hall–Kier alpha value is -3.13. The molecule has 3 N–H and O–H groups in total. The molecule has 39 heavy (non-hydrogen) atoms. The molecule has 218 valence electrons. The van der Waals surface area contributed by atoms with Gasteiger partial charge in [0.2, 0.25) is 0 Å². The molecule has 1 unspecified atom stereocenters. The second kappa shape index (κ2) is 12.8. The lowest BCUT2D eigenvalue weighted by Crippen LogP contribution is -2.44. The van der Waals surface area contributed by atoms with Gasteiger partial charge in [-0.1, -0.05) is 24.3 Å². The first kappa shape index (κ1) is 32.1. The number of nitrogens with one attached hydrogen (secondary N) is 1. The zero-order valence-corrected chi connectivity index (χ0v) is 21.7. The SMILES string of the molecule is CC(C)N1CCC2(CC1)CC(NCc1nccn1C)c1ccccc12.O=C(O)C(F)(F)F.O=C(O)C(F)(F)F. The highest BCUT2D eigenvalue weighted by molar-refractivity contribution is 5.73. The quantitative estimate of drug-likeness (QED) is 0.462. The third kappa shape index (κ3) is 8.68. The molecule has 0 saturated carbocycles. The van der Waals surface area contributed by atoms with Crippen LogP contribution in [-0.2, 0) is 28.6 Å². The number of piperidine rings is 1. The van der Waals surface area contributed by atoms with Crippen LogP contribution < -0.4 is 5.32 Å². The second-order valence-corrected chi connectivity index (χ2v) is 9.70. The Morgan fingerprint density at radius 1 is 1.05 bits per heavy atom. The van der Waals surface area contributed by atoms with Crippen LogP contribution in [0, 0.1) is 0 Å². The van der Waals surface area contributed by atoms with Crippen LogP contribution in [-0.4, -0.2) is 68.1 Å². The fourth-order valence-electron chi connectivity index (χ4n) is 4.80. The van der Waals surface area contributed by atoms with Gasteiger partial charge in [-0.05, 0) is 62.7 Å². The van der Waals surface area contributed by atoms with Crippen molar-refractivity contribution in [2.45, 2.75) is 69.5 Å². The number of hydrogen-bond donors (Lipinski definition) is 3. The van der Waals surface area contributed by atoms with Crippen LogP contribution in [0.25, 0.3) is 0 Å². The highest BCUT2D eigenvalue weighted by Gasteiger charge is 2.45. The normalized spacial score (nSPS) is 18.6. The summed E-state index contributed by atoms with van der Waals surface area (Å²) in [6, 6.07) is 10.2. The number of imidazole rings is 1. The number of aliphatic carboxylic acids is 2. The van der Waals surface area contributed by atoms with Crippen molar-refractivity contribution < 1.29 is 46.1 Å². The number of halogens is 6. The number of alkyl halides is 6. The number of rotatable bonds is 4. The summed E-state index contributed by atoms with van der Waals surface area (Å²) in [6.45, 7) is 7.91. The van der Waals surface area contributed by atoms with Gasteiger partial charge in [0.15, 0.2) is 0 Å². The molecule has 1 aromatic heterocycles. The Labute approximate surface area is 221 Å². The number of aromatic nitrogens is 2. The van der Waals surface area contributed by atoms with Crippen LogP contribution in [0.3, 0.4) is 0 Å². The summed E-state index contributed by atoms with van der Waals surface area (Å²) in [4.78, 5) is 24.9. The molecule has 1 saturated heterocycles. The third-order valence-electron chi connectivity index (χ3n) is 6.90. The molecule has 1 spiro atoms. The monoisotopic (exact) mass is 566 g/mol. The minimum atomic E-state index is -5.08. The van der Waals surface area contributed by atoms with Crippen LogP contribution in [0.2, 0.25) is 0 Å². The second-order valence-electron chi connectivity index (χ2n) is 9.70. The molecule has 14 heteroatoms. The molecule has 8 nitrogen and oxygen atoms in total. The van der Waals surface area contributed by atoms with Gasteiger partial charge in [0, 0.05) is 31.5 Å². The number of fused-ring (bicyclic) bond motifs is 2. The van der Waals surface area contributed by atoms with E-state index in [-0.39, 0.29) is 0 Å². The molecule has 1 fully saturated rings. The van der Waals surface area contributed by atoms with Crippen molar-refractivity contribution in [1.29, 1.82) is 0 Å². The van der Waals surface area contributed by atoms with E-state index in [0.717, 1.165) is 12.4 Å². The van der Waals surface area contributed by atoms with Crippen LogP contribution in [0.1, 0.15) is 56.1 Å². The van der Waals surface area contributed by atoms with Crippen LogP contribution in [0.15, 0.2) is 36.7 Å². The topological polar surface area (TPSA) is 108 Å². The maximum Gasteiger partial charge on any atom is 0.490 e. The highest BCUT2D eigenvalue weighted by Crippen LogP contribution is 2.50. The van der Waals surface area contributed by atoms with Crippen molar-refractivity contribution in [2.75, 3.05) is 13.1 Å². The number of nitrogens with zero attached hydrogens (tertiary/aromatic N) is 3. The van der Waals surface area contributed by atoms with Gasteiger partial charge in [0.25, 0.3) is 0 Å². The van der Waals surface area contributed by atoms with E-state index in [1.165, 1.54) is 37.9 Å². The molecule has 1 atom stereocenters. The lowest BCUT2D eigenvalue weighted by molar-refractivity contribution is -0.193. The highest BCUT2D eigenvalue weighted by atomic mass is 19.4. The molecule has 1 aliphatic carbocycles. The predicted octanol–water partition coefficient (Wildman–Crippen LogP) is 4.66. The smallest absolute Gasteiger partial charge is 0.475 e. The maximum absolute atomic E-state index is 10.6. The molecular weight excluding hydrogens is 534 g/mol. The van der Waals surface area contributed by atoms with Gasteiger partial charge in [-0.15, -0.1) is 0 Å². The number of hydrogen-bond acceptors (Lipinski definition) is 5. The van der Waals surface area contributed by atoms with E-state index in [0.29, 0.717) is 17.5 Å². The molecule has 1 aromatic carbocycles. The summed E-state index contributed by atoms with van der Waals surface area (Å²) < 4.78 is 65.6. The summed E-state index contributed by atoms with van der Waals surface area (Å²) in [7, 11) is 2.07. The molecule has 4 rings (SSSR count). The Bertz CT molecular complexity index is 1080. The molecule has 0 radical (unpaired) electrons. The molecule has 0 amide bonds. The number of likely N-dealkylation sites (tertiary alicyclic amines) is 1. The summed E-state index contributed by atoms with van der Waals surface area (Å²) in [5.41, 5.74) is 3.46. The van der Waals surface area contributed by atoms with Crippen LogP contribution in [0.4, 0.5) is 26.3 Å². The minimum absolute atomic E-state index is 0.362. The first-order valence-corrected chi connectivity index (χ1v) is 12.1. The zero-order chi connectivity index (χ0) is 29.6. The van der Waals surface area contributed by atoms with Crippen molar-refractivity contribution in [1.82, 2.24) is 19.8 Å². The van der Waals surface area contributed by atoms with E-state index in [1.807, 2.05) is 12.4 Å². The van der Waals surface area contributed by atoms with Gasteiger partial charge in [-0.3, -0.25) is 0 Å². The maximum atomic E-state index is 10.6. The summed E-state index contributed by atoms with van der Waals surface area (Å²) in [5.74, 6) is -4.41. The van der Waals surface area contributed by atoms with Gasteiger partial charge < -0.3 is 25.0 Å². The number of aryl methyl sites for hydroxylation is 1. The lowest BCUT2D eigenvalue weighted by Gasteiger charge is -2.42. The molecule has 2 aliphatic rings. The third-order valence-corrected chi connectivity index (χ3v) is 6.90. The van der Waals surface area contributed by atoms with Crippen molar-refractivity contribution in [2.24, 2.45) is 7.05 Å². The molecule has 2 heterocycles. The van der Waals surface area contributed by atoms with Crippen molar-refractivity contribution in [3.8, 4) is 0 Å². The molecule has 1 aliphatic heterocycles. The lowest BCUT2D eigenvalue weighted by atomic mass is 9.73. The Morgan fingerprint density at radius 3 is 2.00 bits per heavy atom. The first-order valence-electron chi connectivity index (χ1n) is 12.1. The van der Waals surface area contributed by atoms with Gasteiger partial charge in [-0.2, -0.15) is 26.3 Å². The number of benzene rings is 1. The molecular formula is C25H32F6N4O4. The summed E-state index contributed by atoms with van der Waals surface area (Å²) in [5, 5.41) is 18.0. The fourth-order valence-corrected chi connectivity index (χ4v) is 4.80. The van der Waals surface area contributed by atoms with Crippen LogP contribution in [0.5, 0.6) is 0 Å². The predicted molar refractivity (Wildman–Crippen MR) is 129 cm³/mol. The fraction of sp³-hybridized carbons (Fsp3) is 0.560. The van der Waals surface area contributed by atoms with E-state index in [2.05, 4.69) is 64.9 Å². The van der Waals surface area contributed by atoms with E-state index < -0.39 is 24.3 Å². The first-order chi connectivity index (χ1) is 18.0. The molecule has 2 aromatic rings. The van der Waals surface area contributed by atoms with Gasteiger partial charge in [0.1, 0.15) is 5.82 Å². The van der Waals surface area contributed by atoms with Crippen molar-refractivity contribution >= 4 is 11.9 Å². The van der Waals surface area contributed by atoms with Crippen LogP contribution >= 0.6 is 0 Å². The standard InChI is InChI=1S/C21H30N4.2C2HF3O2/c1-16(2)25-11-8-21(9-12-25)14-19(17-6-4-5-7-18(17)21)23-15-20-22-10-13-24(20)3;2*3-2(4,5)1(6)7/h4-7,10,13,16,19,23H,8-9,11-12,14-15H2,1-3H3;2*(H,6,7). The number of carbonyl (C=O) groups is 2. The Balaban J connectivity index is 0.000000317. The average molecular weight is 567 g/mol. The van der Waals surface area contributed by atoms with E-state index in [9.17, 15) is 26.3 Å².